The normalized spacial score (nSPS) is 11.5. The molecular formula is C44H37N5O2. The molecule has 0 aliphatic heterocycles. The number of hydrogen-bond donors (Lipinski definition) is 0. The Balaban J connectivity index is 1.21. The van der Waals surface area contributed by atoms with E-state index in [0.717, 1.165) is 55.8 Å². The molecule has 0 bridgehead atoms. The number of rotatable bonds is 9. The molecule has 0 aliphatic carbocycles. The van der Waals surface area contributed by atoms with Crippen molar-refractivity contribution in [1.29, 1.82) is 0 Å². The summed E-state index contributed by atoms with van der Waals surface area (Å²) in [6, 6.07) is 38.7. The van der Waals surface area contributed by atoms with E-state index in [1.807, 2.05) is 79.1 Å². The second-order valence-corrected chi connectivity index (χ2v) is 13.3. The zero-order chi connectivity index (χ0) is 34.9. The minimum atomic E-state index is 0.321. The minimum absolute atomic E-state index is 0.321. The zero-order valence-electron chi connectivity index (χ0n) is 29.0. The number of ether oxygens (including phenoxy) is 2. The molecule has 0 aliphatic rings. The van der Waals surface area contributed by atoms with Gasteiger partial charge in [0.1, 0.15) is 23.0 Å². The predicted octanol–water partition coefficient (Wildman–Crippen LogP) is 11.5. The maximum Gasteiger partial charge on any atom is 0.234 e. The molecular weight excluding hydrogens is 631 g/mol. The maximum atomic E-state index is 6.60. The van der Waals surface area contributed by atoms with Crippen LogP contribution in [0.15, 0.2) is 140 Å². The van der Waals surface area contributed by atoms with Crippen molar-refractivity contribution in [2.45, 2.75) is 39.5 Å². The standard InChI is InChI=1S/C44H37N5O2/c1-28(2)30-20-32(40-10-5-7-16-45-40)24-36(22-30)50-34-12-14-38-39-15-13-35(27-43(39)49(42(38)26-34)44-47-18-9-19-48-44)51-37-23-31(29(3)4)21-33(25-37)41-11-6-8-17-46-41/h5-29H,1-4H3. The number of fused-ring (bicyclic) bond motifs is 3. The molecule has 0 saturated heterocycles. The lowest BCUT2D eigenvalue weighted by Gasteiger charge is -2.14. The fraction of sp³-hybridized carbons (Fsp3) is 0.136. The molecule has 4 aromatic heterocycles. The molecule has 7 heteroatoms. The van der Waals surface area contributed by atoms with Crippen LogP contribution in [0.4, 0.5) is 0 Å². The first-order valence-corrected chi connectivity index (χ1v) is 17.2. The highest BCUT2D eigenvalue weighted by atomic mass is 16.5. The second kappa shape index (κ2) is 13.5. The Morgan fingerprint density at radius 1 is 0.451 bits per heavy atom. The average molecular weight is 668 g/mol. The maximum absolute atomic E-state index is 6.60. The quantitative estimate of drug-likeness (QED) is 0.152. The Bertz CT molecular complexity index is 2320. The largest absolute Gasteiger partial charge is 0.457 e. The topological polar surface area (TPSA) is 75.0 Å². The summed E-state index contributed by atoms with van der Waals surface area (Å²) < 4.78 is 15.3. The molecule has 4 aromatic carbocycles. The summed E-state index contributed by atoms with van der Waals surface area (Å²) in [7, 11) is 0. The van der Waals surface area contributed by atoms with Gasteiger partial charge in [-0.2, -0.15) is 0 Å². The van der Waals surface area contributed by atoms with Crippen molar-refractivity contribution in [3.05, 3.63) is 151 Å². The zero-order valence-corrected chi connectivity index (χ0v) is 29.0. The van der Waals surface area contributed by atoms with Crippen molar-refractivity contribution in [1.82, 2.24) is 24.5 Å². The minimum Gasteiger partial charge on any atom is -0.457 e. The lowest BCUT2D eigenvalue weighted by Crippen LogP contribution is -2.00. The lowest BCUT2D eigenvalue weighted by molar-refractivity contribution is 0.482. The van der Waals surface area contributed by atoms with Crippen LogP contribution in [0.25, 0.3) is 50.3 Å². The van der Waals surface area contributed by atoms with E-state index in [9.17, 15) is 0 Å². The Labute approximate surface area is 297 Å². The van der Waals surface area contributed by atoms with Crippen molar-refractivity contribution >= 4 is 21.8 Å². The Hall–Kier alpha value is -6.34. The van der Waals surface area contributed by atoms with Crippen LogP contribution < -0.4 is 9.47 Å². The van der Waals surface area contributed by atoms with Gasteiger partial charge < -0.3 is 9.47 Å². The van der Waals surface area contributed by atoms with E-state index >= 15 is 0 Å². The van der Waals surface area contributed by atoms with Gasteiger partial charge in [-0.25, -0.2) is 9.97 Å². The smallest absolute Gasteiger partial charge is 0.234 e. The highest BCUT2D eigenvalue weighted by molar-refractivity contribution is 6.09. The molecule has 0 fully saturated rings. The Morgan fingerprint density at radius 2 is 0.922 bits per heavy atom. The Morgan fingerprint density at radius 3 is 1.35 bits per heavy atom. The third-order valence-electron chi connectivity index (χ3n) is 9.05. The second-order valence-electron chi connectivity index (χ2n) is 13.3. The van der Waals surface area contributed by atoms with Crippen LogP contribution in [-0.2, 0) is 0 Å². The summed E-state index contributed by atoms with van der Waals surface area (Å²) >= 11 is 0. The molecule has 0 amide bonds. The third kappa shape index (κ3) is 6.54. The van der Waals surface area contributed by atoms with E-state index in [2.05, 4.69) is 101 Å². The summed E-state index contributed by atoms with van der Waals surface area (Å²) in [5, 5.41) is 2.11. The van der Waals surface area contributed by atoms with Crippen molar-refractivity contribution in [3.8, 4) is 51.5 Å². The number of aromatic nitrogens is 5. The van der Waals surface area contributed by atoms with Crippen molar-refractivity contribution in [2.24, 2.45) is 0 Å². The molecule has 7 nitrogen and oxygen atoms in total. The van der Waals surface area contributed by atoms with Gasteiger partial charge in [-0.05, 0) is 114 Å². The number of pyridine rings is 2. The number of hydrogen-bond acceptors (Lipinski definition) is 6. The summed E-state index contributed by atoms with van der Waals surface area (Å²) in [5.41, 5.74) is 8.06. The number of nitrogens with zero attached hydrogens (tertiary/aromatic N) is 5. The lowest BCUT2D eigenvalue weighted by atomic mass is 9.99. The first-order chi connectivity index (χ1) is 24.9. The number of benzene rings is 4. The fourth-order valence-corrected chi connectivity index (χ4v) is 6.39. The molecule has 8 rings (SSSR count). The van der Waals surface area contributed by atoms with Crippen molar-refractivity contribution < 1.29 is 9.47 Å². The highest BCUT2D eigenvalue weighted by Gasteiger charge is 2.18. The molecule has 51 heavy (non-hydrogen) atoms. The van der Waals surface area contributed by atoms with E-state index < -0.39 is 0 Å². The molecule has 0 atom stereocenters. The molecule has 250 valence electrons. The van der Waals surface area contributed by atoms with E-state index in [0.29, 0.717) is 29.3 Å². The average Bonchev–Trinajstić information content (AvgIpc) is 3.48. The van der Waals surface area contributed by atoms with E-state index in [1.165, 1.54) is 11.1 Å². The van der Waals surface area contributed by atoms with Gasteiger partial charge in [-0.3, -0.25) is 14.5 Å². The fourth-order valence-electron chi connectivity index (χ4n) is 6.39. The van der Waals surface area contributed by atoms with Crippen molar-refractivity contribution in [3.63, 3.8) is 0 Å². The van der Waals surface area contributed by atoms with Gasteiger partial charge in [-0.1, -0.05) is 39.8 Å². The molecule has 0 radical (unpaired) electrons. The van der Waals surface area contributed by atoms with Gasteiger partial charge in [0.15, 0.2) is 0 Å². The molecule has 0 N–H and O–H groups in total. The first kappa shape index (κ1) is 31.9. The molecule has 0 saturated carbocycles. The SMILES string of the molecule is CC(C)c1cc(Oc2ccc3c4ccc(Oc5cc(-c6ccccn6)cc(C(C)C)c5)cc4n(-c4ncccn4)c3c2)cc(-c2ccccn2)c1. The molecule has 8 aromatic rings. The monoisotopic (exact) mass is 667 g/mol. The van der Waals surface area contributed by atoms with Gasteiger partial charge in [0.05, 0.1) is 22.4 Å². The van der Waals surface area contributed by atoms with Gasteiger partial charge in [0.25, 0.3) is 0 Å². The van der Waals surface area contributed by atoms with Gasteiger partial charge in [0.2, 0.25) is 5.95 Å². The molecule has 4 heterocycles. The van der Waals surface area contributed by atoms with Gasteiger partial charge >= 0.3 is 0 Å². The van der Waals surface area contributed by atoms with Crippen LogP contribution in [0.5, 0.6) is 23.0 Å². The molecule has 0 spiro atoms. The van der Waals surface area contributed by atoms with Crippen LogP contribution >= 0.6 is 0 Å². The van der Waals surface area contributed by atoms with Gasteiger partial charge in [-0.15, -0.1) is 0 Å². The third-order valence-corrected chi connectivity index (χ3v) is 9.05. The van der Waals surface area contributed by atoms with Crippen LogP contribution in [-0.4, -0.2) is 24.5 Å². The first-order valence-electron chi connectivity index (χ1n) is 17.2. The van der Waals surface area contributed by atoms with Gasteiger partial charge in [0, 0.05) is 58.8 Å². The van der Waals surface area contributed by atoms with E-state index in [4.69, 9.17) is 9.47 Å². The van der Waals surface area contributed by atoms with E-state index in [-0.39, 0.29) is 0 Å². The Kier molecular flexibility index (Phi) is 8.46. The van der Waals surface area contributed by atoms with E-state index in [1.54, 1.807) is 12.4 Å². The summed E-state index contributed by atoms with van der Waals surface area (Å²) in [5.74, 6) is 4.13. The highest BCUT2D eigenvalue weighted by Crippen LogP contribution is 2.39. The van der Waals surface area contributed by atoms with Crippen LogP contribution in [0.3, 0.4) is 0 Å². The van der Waals surface area contributed by atoms with Crippen LogP contribution in [0, 0.1) is 0 Å². The molecule has 0 unspecified atom stereocenters. The van der Waals surface area contributed by atoms with Crippen LogP contribution in [0.2, 0.25) is 0 Å². The summed E-state index contributed by atoms with van der Waals surface area (Å²) in [6.07, 6.45) is 7.14. The predicted molar refractivity (Wildman–Crippen MR) is 204 cm³/mol. The summed E-state index contributed by atoms with van der Waals surface area (Å²) in [4.78, 5) is 18.5. The van der Waals surface area contributed by atoms with Crippen molar-refractivity contribution in [2.75, 3.05) is 0 Å². The summed E-state index contributed by atoms with van der Waals surface area (Å²) in [6.45, 7) is 8.74. The van der Waals surface area contributed by atoms with Crippen LogP contribution in [0.1, 0.15) is 50.7 Å².